The Morgan fingerprint density at radius 3 is 2.94 bits per heavy atom. The molecule has 1 saturated heterocycles. The molecule has 0 aromatic heterocycles. The van der Waals surface area contributed by atoms with Crippen molar-refractivity contribution in [2.24, 2.45) is 16.8 Å². The maximum Gasteiger partial charge on any atom is 0.140 e. The van der Waals surface area contributed by atoms with E-state index in [1.165, 1.54) is 38.6 Å². The fraction of sp³-hybridized carbons (Fsp3) is 0.917. The van der Waals surface area contributed by atoms with Crippen LogP contribution in [0.15, 0.2) is 5.16 Å². The van der Waals surface area contributed by atoms with Gasteiger partial charge < -0.3 is 10.9 Å². The summed E-state index contributed by atoms with van der Waals surface area (Å²) in [5.74, 6) is 1.26. The second kappa shape index (κ2) is 5.04. The van der Waals surface area contributed by atoms with Crippen LogP contribution in [-0.2, 0) is 0 Å². The molecule has 16 heavy (non-hydrogen) atoms. The maximum absolute atomic E-state index is 8.60. The number of nitrogens with two attached hydrogens (primary N) is 1. The second-order valence-electron chi connectivity index (χ2n) is 5.28. The minimum atomic E-state index is 0.353. The molecular weight excluding hydrogens is 202 g/mol. The standard InChI is InChI=1S/C12H23N3O/c1-9(8-12(13)14-16)15-7-6-10-4-2-3-5-11(10)15/h9-11,16H,2-8H2,1H3,(H2,13,14). The molecular formula is C12H23N3O. The van der Waals surface area contributed by atoms with Gasteiger partial charge in [0.2, 0.25) is 0 Å². The fourth-order valence-electron chi connectivity index (χ4n) is 3.45. The van der Waals surface area contributed by atoms with Gasteiger partial charge in [0.05, 0.1) is 0 Å². The number of amidine groups is 1. The molecule has 0 aromatic carbocycles. The predicted molar refractivity (Wildman–Crippen MR) is 64.6 cm³/mol. The van der Waals surface area contributed by atoms with Crippen LogP contribution in [0.2, 0.25) is 0 Å². The number of nitrogens with zero attached hydrogens (tertiary/aromatic N) is 2. The average molecular weight is 225 g/mol. The van der Waals surface area contributed by atoms with Crippen molar-refractivity contribution < 1.29 is 5.21 Å². The number of oxime groups is 1. The van der Waals surface area contributed by atoms with Crippen LogP contribution in [0, 0.1) is 5.92 Å². The molecule has 1 aliphatic heterocycles. The van der Waals surface area contributed by atoms with Gasteiger partial charge >= 0.3 is 0 Å². The lowest BCUT2D eigenvalue weighted by atomic mass is 9.85. The first-order valence-electron chi connectivity index (χ1n) is 6.44. The van der Waals surface area contributed by atoms with Crippen LogP contribution in [0.25, 0.3) is 0 Å². The van der Waals surface area contributed by atoms with Gasteiger partial charge in [0.25, 0.3) is 0 Å². The summed E-state index contributed by atoms with van der Waals surface area (Å²) in [4.78, 5) is 2.57. The molecule has 4 nitrogen and oxygen atoms in total. The molecule has 2 rings (SSSR count). The van der Waals surface area contributed by atoms with E-state index >= 15 is 0 Å². The summed E-state index contributed by atoms with van der Waals surface area (Å²) >= 11 is 0. The van der Waals surface area contributed by atoms with Crippen LogP contribution < -0.4 is 5.73 Å². The molecule has 0 bridgehead atoms. The van der Waals surface area contributed by atoms with Gasteiger partial charge in [0, 0.05) is 18.5 Å². The molecule has 1 heterocycles. The maximum atomic E-state index is 8.60. The third-order valence-electron chi connectivity index (χ3n) is 4.25. The number of hydrogen-bond donors (Lipinski definition) is 2. The van der Waals surface area contributed by atoms with E-state index in [0.29, 0.717) is 18.3 Å². The van der Waals surface area contributed by atoms with Crippen LogP contribution in [0.4, 0.5) is 0 Å². The van der Waals surface area contributed by atoms with Crippen molar-refractivity contribution in [3.05, 3.63) is 0 Å². The molecule has 1 saturated carbocycles. The normalized spacial score (nSPS) is 33.7. The topological polar surface area (TPSA) is 61.9 Å². The lowest BCUT2D eigenvalue weighted by Gasteiger charge is -2.35. The molecule has 2 fully saturated rings. The van der Waals surface area contributed by atoms with E-state index in [2.05, 4.69) is 17.0 Å². The summed E-state index contributed by atoms with van der Waals surface area (Å²) in [6, 6.07) is 1.17. The van der Waals surface area contributed by atoms with Crippen LogP contribution in [0.5, 0.6) is 0 Å². The Morgan fingerprint density at radius 2 is 2.19 bits per heavy atom. The van der Waals surface area contributed by atoms with Gasteiger partial charge in [-0.3, -0.25) is 4.90 Å². The minimum absolute atomic E-state index is 0.353. The van der Waals surface area contributed by atoms with Crippen molar-refractivity contribution in [3.63, 3.8) is 0 Å². The predicted octanol–water partition coefficient (Wildman–Crippen LogP) is 1.78. The van der Waals surface area contributed by atoms with Gasteiger partial charge in [0.15, 0.2) is 0 Å². The molecule has 3 unspecified atom stereocenters. The fourth-order valence-corrected chi connectivity index (χ4v) is 3.45. The highest BCUT2D eigenvalue weighted by Crippen LogP contribution is 2.37. The van der Waals surface area contributed by atoms with E-state index < -0.39 is 0 Å². The zero-order valence-electron chi connectivity index (χ0n) is 10.1. The smallest absolute Gasteiger partial charge is 0.140 e. The first-order chi connectivity index (χ1) is 7.72. The van der Waals surface area contributed by atoms with Crippen molar-refractivity contribution in [2.75, 3.05) is 6.54 Å². The molecule has 0 radical (unpaired) electrons. The highest BCUT2D eigenvalue weighted by Gasteiger charge is 2.37. The SMILES string of the molecule is CC(CC(N)=NO)N1CCC2CCCCC21. The van der Waals surface area contributed by atoms with Crippen LogP contribution in [-0.4, -0.2) is 34.6 Å². The lowest BCUT2D eigenvalue weighted by Crippen LogP contribution is -2.42. The van der Waals surface area contributed by atoms with E-state index in [9.17, 15) is 0 Å². The van der Waals surface area contributed by atoms with E-state index in [0.717, 1.165) is 12.0 Å². The molecule has 1 aliphatic carbocycles. The van der Waals surface area contributed by atoms with Gasteiger partial charge in [-0.25, -0.2) is 0 Å². The second-order valence-corrected chi connectivity index (χ2v) is 5.28. The molecule has 92 valence electrons. The van der Waals surface area contributed by atoms with E-state index in [1.54, 1.807) is 0 Å². The van der Waals surface area contributed by atoms with E-state index in [1.807, 2.05) is 0 Å². The molecule has 0 aromatic rings. The average Bonchev–Trinajstić information content (AvgIpc) is 2.72. The van der Waals surface area contributed by atoms with Crippen LogP contribution in [0.1, 0.15) is 45.4 Å². The Morgan fingerprint density at radius 1 is 1.44 bits per heavy atom. The van der Waals surface area contributed by atoms with Crippen molar-refractivity contribution in [1.29, 1.82) is 0 Å². The lowest BCUT2D eigenvalue weighted by molar-refractivity contribution is 0.143. The Labute approximate surface area is 97.5 Å². The third kappa shape index (κ3) is 2.32. The van der Waals surface area contributed by atoms with Crippen molar-refractivity contribution in [1.82, 2.24) is 4.90 Å². The molecule has 0 spiro atoms. The zero-order valence-corrected chi connectivity index (χ0v) is 10.1. The largest absolute Gasteiger partial charge is 0.409 e. The first kappa shape index (κ1) is 11.7. The highest BCUT2D eigenvalue weighted by atomic mass is 16.4. The number of fused-ring (bicyclic) bond motifs is 1. The van der Waals surface area contributed by atoms with Gasteiger partial charge in [-0.05, 0) is 38.6 Å². The Hall–Kier alpha value is -0.770. The quantitative estimate of drug-likeness (QED) is 0.333. The molecule has 2 aliphatic rings. The summed E-state index contributed by atoms with van der Waals surface area (Å²) in [5.41, 5.74) is 5.58. The molecule has 3 N–H and O–H groups in total. The van der Waals surface area contributed by atoms with Crippen LogP contribution >= 0.6 is 0 Å². The third-order valence-corrected chi connectivity index (χ3v) is 4.25. The van der Waals surface area contributed by atoms with E-state index in [-0.39, 0.29) is 0 Å². The zero-order chi connectivity index (χ0) is 11.5. The van der Waals surface area contributed by atoms with Crippen LogP contribution in [0.3, 0.4) is 0 Å². The van der Waals surface area contributed by atoms with Crippen molar-refractivity contribution in [3.8, 4) is 0 Å². The number of likely N-dealkylation sites (tertiary alicyclic amines) is 1. The Bertz CT molecular complexity index is 267. The van der Waals surface area contributed by atoms with Crippen molar-refractivity contribution >= 4 is 5.84 Å². The Kier molecular flexibility index (Phi) is 3.69. The number of rotatable bonds is 3. The Balaban J connectivity index is 1.94. The van der Waals surface area contributed by atoms with Gasteiger partial charge in [-0.1, -0.05) is 18.0 Å². The number of hydrogen-bond acceptors (Lipinski definition) is 3. The monoisotopic (exact) mass is 225 g/mol. The van der Waals surface area contributed by atoms with Gasteiger partial charge in [-0.2, -0.15) is 0 Å². The van der Waals surface area contributed by atoms with Gasteiger partial charge in [-0.15, -0.1) is 0 Å². The summed E-state index contributed by atoms with van der Waals surface area (Å²) in [6.07, 6.45) is 7.53. The highest BCUT2D eigenvalue weighted by molar-refractivity contribution is 5.80. The summed E-state index contributed by atoms with van der Waals surface area (Å²) in [7, 11) is 0. The first-order valence-corrected chi connectivity index (χ1v) is 6.44. The summed E-state index contributed by atoms with van der Waals surface area (Å²) in [6.45, 7) is 3.38. The molecule has 3 atom stereocenters. The molecule has 0 amide bonds. The van der Waals surface area contributed by atoms with Crippen molar-refractivity contribution in [2.45, 2.75) is 57.5 Å². The summed E-state index contributed by atoms with van der Waals surface area (Å²) in [5, 5.41) is 11.7. The van der Waals surface area contributed by atoms with Gasteiger partial charge in [0.1, 0.15) is 5.84 Å². The molecule has 4 heteroatoms. The summed E-state index contributed by atoms with van der Waals surface area (Å²) < 4.78 is 0. The minimum Gasteiger partial charge on any atom is -0.409 e. The van der Waals surface area contributed by atoms with E-state index in [4.69, 9.17) is 10.9 Å².